The predicted molar refractivity (Wildman–Crippen MR) is 85.7 cm³/mol. The topological polar surface area (TPSA) is 56.7 Å². The van der Waals surface area contributed by atoms with E-state index in [2.05, 4.69) is 10.3 Å². The highest BCUT2D eigenvalue weighted by Crippen LogP contribution is 2.27. The summed E-state index contributed by atoms with van der Waals surface area (Å²) in [6, 6.07) is 13.7. The van der Waals surface area contributed by atoms with Gasteiger partial charge in [-0.05, 0) is 31.5 Å². The molecule has 0 bridgehead atoms. The fourth-order valence-electron chi connectivity index (χ4n) is 2.11. The third-order valence-electron chi connectivity index (χ3n) is 3.43. The Morgan fingerprint density at radius 1 is 1.05 bits per heavy atom. The number of hydrogen-bond donors (Lipinski definition) is 1. The van der Waals surface area contributed by atoms with Crippen LogP contribution in [0.1, 0.15) is 11.1 Å². The van der Waals surface area contributed by atoms with Crippen molar-refractivity contribution in [2.45, 2.75) is 13.8 Å². The van der Waals surface area contributed by atoms with Gasteiger partial charge in [-0.25, -0.2) is 0 Å². The van der Waals surface area contributed by atoms with Crippen LogP contribution in [0.3, 0.4) is 0 Å². The van der Waals surface area contributed by atoms with Crippen molar-refractivity contribution in [3.05, 3.63) is 58.6 Å². The van der Waals surface area contributed by atoms with Crippen molar-refractivity contribution in [2.24, 2.45) is 0 Å². The number of rotatable bonds is 2. The number of aryl methyl sites for hydroxylation is 2. The van der Waals surface area contributed by atoms with Crippen LogP contribution < -0.4 is 5.73 Å². The Labute approximate surface area is 128 Å². The fraction of sp³-hybridized carbons (Fsp3) is 0.125. The molecule has 0 radical (unpaired) electrons. The van der Waals surface area contributed by atoms with E-state index in [1.807, 2.05) is 56.3 Å². The average molecular weight is 299 g/mol. The molecule has 2 aromatic carbocycles. The normalized spacial score (nSPS) is 10.8. The van der Waals surface area contributed by atoms with Crippen LogP contribution >= 0.6 is 11.6 Å². The third-order valence-corrected chi connectivity index (χ3v) is 3.84. The van der Waals surface area contributed by atoms with E-state index in [-0.39, 0.29) is 0 Å². The largest absolute Gasteiger partial charge is 0.382 e. The summed E-state index contributed by atoms with van der Waals surface area (Å²) in [7, 11) is 0. The second kappa shape index (κ2) is 5.22. The van der Waals surface area contributed by atoms with Crippen LogP contribution in [0.15, 0.2) is 42.5 Å². The maximum absolute atomic E-state index is 6.19. The second-order valence-electron chi connectivity index (χ2n) is 5.03. The zero-order valence-corrected chi connectivity index (χ0v) is 12.6. The number of nitrogens with zero attached hydrogens (tertiary/aromatic N) is 3. The quantitative estimate of drug-likeness (QED) is 0.783. The number of benzene rings is 2. The minimum absolute atomic E-state index is 0.499. The van der Waals surface area contributed by atoms with Crippen molar-refractivity contribution in [3.63, 3.8) is 0 Å². The van der Waals surface area contributed by atoms with E-state index < -0.39 is 0 Å². The van der Waals surface area contributed by atoms with Gasteiger partial charge in [0, 0.05) is 10.6 Å². The van der Waals surface area contributed by atoms with Gasteiger partial charge in [0.05, 0.1) is 5.69 Å². The number of halogens is 1. The van der Waals surface area contributed by atoms with E-state index in [1.165, 1.54) is 5.56 Å². The van der Waals surface area contributed by atoms with Crippen LogP contribution in [-0.4, -0.2) is 15.0 Å². The molecule has 0 atom stereocenters. The van der Waals surface area contributed by atoms with E-state index in [9.17, 15) is 0 Å². The number of hydrogen-bond acceptors (Lipinski definition) is 3. The Hall–Kier alpha value is -2.33. The predicted octanol–water partition coefficient (Wildman–Crippen LogP) is 3.79. The average Bonchev–Trinajstić information content (AvgIpc) is 2.85. The second-order valence-corrected chi connectivity index (χ2v) is 5.44. The van der Waals surface area contributed by atoms with Gasteiger partial charge in [0.1, 0.15) is 5.69 Å². The van der Waals surface area contributed by atoms with Gasteiger partial charge in [-0.2, -0.15) is 4.68 Å². The van der Waals surface area contributed by atoms with Crippen LogP contribution in [0.25, 0.3) is 16.9 Å². The third kappa shape index (κ3) is 2.50. The van der Waals surface area contributed by atoms with Gasteiger partial charge in [-0.15, -0.1) is 5.10 Å². The van der Waals surface area contributed by atoms with E-state index >= 15 is 0 Å². The van der Waals surface area contributed by atoms with Crippen LogP contribution in [0.2, 0.25) is 5.02 Å². The van der Waals surface area contributed by atoms with Gasteiger partial charge in [0.25, 0.3) is 0 Å². The summed E-state index contributed by atoms with van der Waals surface area (Å²) in [6.07, 6.45) is 0. The molecular weight excluding hydrogens is 284 g/mol. The zero-order valence-electron chi connectivity index (χ0n) is 11.8. The van der Waals surface area contributed by atoms with Crippen LogP contribution in [0.4, 0.5) is 5.82 Å². The van der Waals surface area contributed by atoms with Crippen molar-refractivity contribution in [2.75, 3.05) is 5.73 Å². The molecule has 21 heavy (non-hydrogen) atoms. The molecule has 5 heteroatoms. The molecule has 1 aromatic heterocycles. The molecule has 0 saturated carbocycles. The molecule has 2 N–H and O–H groups in total. The molecule has 0 aliphatic rings. The molecule has 1 heterocycles. The summed E-state index contributed by atoms with van der Waals surface area (Å²) in [5.41, 5.74) is 10.8. The first-order valence-corrected chi connectivity index (χ1v) is 6.99. The van der Waals surface area contributed by atoms with Crippen molar-refractivity contribution < 1.29 is 0 Å². The lowest BCUT2D eigenvalue weighted by Crippen LogP contribution is -2.02. The van der Waals surface area contributed by atoms with Gasteiger partial charge >= 0.3 is 0 Å². The summed E-state index contributed by atoms with van der Waals surface area (Å²) in [6.45, 7) is 3.99. The summed E-state index contributed by atoms with van der Waals surface area (Å²) < 4.78 is 1.60. The molecule has 3 aromatic rings. The molecule has 3 rings (SSSR count). The standard InChI is InChI=1S/C16H15ClN4/c1-10-3-6-12(7-4-10)15-16(18)21(20-19-15)13-8-5-11(2)14(17)9-13/h3-9H,18H2,1-2H3. The Morgan fingerprint density at radius 3 is 2.43 bits per heavy atom. The molecule has 106 valence electrons. The van der Waals surface area contributed by atoms with Crippen LogP contribution in [0.5, 0.6) is 0 Å². The first-order valence-electron chi connectivity index (χ1n) is 6.61. The lowest BCUT2D eigenvalue weighted by molar-refractivity contribution is 0.810. The first-order chi connectivity index (χ1) is 10.1. The Bertz CT molecular complexity index is 791. The lowest BCUT2D eigenvalue weighted by atomic mass is 10.1. The molecule has 0 spiro atoms. The highest BCUT2D eigenvalue weighted by Gasteiger charge is 2.13. The molecule has 0 aliphatic carbocycles. The highest BCUT2D eigenvalue weighted by molar-refractivity contribution is 6.31. The van der Waals surface area contributed by atoms with Gasteiger partial charge in [-0.3, -0.25) is 0 Å². The molecule has 0 aliphatic heterocycles. The molecule has 0 amide bonds. The lowest BCUT2D eigenvalue weighted by Gasteiger charge is -2.05. The molecule has 0 fully saturated rings. The molecule has 0 unspecified atom stereocenters. The van der Waals surface area contributed by atoms with Crippen molar-refractivity contribution in [1.82, 2.24) is 15.0 Å². The summed E-state index contributed by atoms with van der Waals surface area (Å²) in [5, 5.41) is 9.01. The Balaban J connectivity index is 2.06. The van der Waals surface area contributed by atoms with E-state index in [0.717, 1.165) is 16.8 Å². The summed E-state index contributed by atoms with van der Waals surface area (Å²) >= 11 is 6.15. The Morgan fingerprint density at radius 2 is 1.76 bits per heavy atom. The Kier molecular flexibility index (Phi) is 3.39. The number of nitrogen functional groups attached to an aromatic ring is 1. The molecule has 0 saturated heterocycles. The number of nitrogens with two attached hydrogens (primary N) is 1. The minimum atomic E-state index is 0.499. The van der Waals surface area contributed by atoms with E-state index in [1.54, 1.807) is 4.68 Å². The maximum atomic E-state index is 6.19. The van der Waals surface area contributed by atoms with Crippen LogP contribution in [-0.2, 0) is 0 Å². The monoisotopic (exact) mass is 298 g/mol. The van der Waals surface area contributed by atoms with Crippen molar-refractivity contribution >= 4 is 17.4 Å². The van der Waals surface area contributed by atoms with Gasteiger partial charge < -0.3 is 5.73 Å². The minimum Gasteiger partial charge on any atom is -0.382 e. The van der Waals surface area contributed by atoms with E-state index in [4.69, 9.17) is 17.3 Å². The summed E-state index contributed by atoms with van der Waals surface area (Å²) in [4.78, 5) is 0. The van der Waals surface area contributed by atoms with Gasteiger partial charge in [0.2, 0.25) is 0 Å². The van der Waals surface area contributed by atoms with Crippen molar-refractivity contribution in [1.29, 1.82) is 0 Å². The first kappa shape index (κ1) is 13.6. The summed E-state index contributed by atoms with van der Waals surface area (Å²) in [5.74, 6) is 0.499. The van der Waals surface area contributed by atoms with Gasteiger partial charge in [0.15, 0.2) is 5.82 Å². The highest BCUT2D eigenvalue weighted by atomic mass is 35.5. The van der Waals surface area contributed by atoms with E-state index in [0.29, 0.717) is 16.5 Å². The number of aromatic nitrogens is 3. The SMILES string of the molecule is Cc1ccc(-c2nnn(-c3ccc(C)c(Cl)c3)c2N)cc1. The van der Waals surface area contributed by atoms with Crippen molar-refractivity contribution in [3.8, 4) is 16.9 Å². The number of anilines is 1. The maximum Gasteiger partial charge on any atom is 0.155 e. The molecular formula is C16H15ClN4. The van der Waals surface area contributed by atoms with Crippen LogP contribution in [0, 0.1) is 13.8 Å². The molecule has 4 nitrogen and oxygen atoms in total. The fourth-order valence-corrected chi connectivity index (χ4v) is 2.29. The smallest absolute Gasteiger partial charge is 0.155 e. The zero-order chi connectivity index (χ0) is 15.0. The van der Waals surface area contributed by atoms with Gasteiger partial charge in [-0.1, -0.05) is 52.7 Å².